The van der Waals surface area contributed by atoms with Crippen molar-refractivity contribution in [3.8, 4) is 5.75 Å². The third-order valence-corrected chi connectivity index (χ3v) is 3.82. The van der Waals surface area contributed by atoms with Crippen molar-refractivity contribution in [1.82, 2.24) is 5.32 Å². The molecule has 0 aromatic heterocycles. The quantitative estimate of drug-likeness (QED) is 0.601. The van der Waals surface area contributed by atoms with Gasteiger partial charge in [-0.15, -0.1) is 0 Å². The Kier molecular flexibility index (Phi) is 8.36. The normalized spacial score (nSPS) is 14.0. The molecule has 1 rings (SSSR count). The summed E-state index contributed by atoms with van der Waals surface area (Å²) in [6.07, 6.45) is 7.75. The van der Waals surface area contributed by atoms with E-state index < -0.39 is 0 Å². The van der Waals surface area contributed by atoms with E-state index in [1.54, 1.807) is 0 Å². The van der Waals surface area contributed by atoms with Gasteiger partial charge in [-0.05, 0) is 50.9 Å². The molecule has 2 nitrogen and oxygen atoms in total. The van der Waals surface area contributed by atoms with Gasteiger partial charge in [-0.3, -0.25) is 0 Å². The van der Waals surface area contributed by atoms with Crippen molar-refractivity contribution in [2.24, 2.45) is 0 Å². The lowest BCUT2D eigenvalue weighted by Gasteiger charge is -2.18. The van der Waals surface area contributed by atoms with Crippen LogP contribution in [0.3, 0.4) is 0 Å². The third kappa shape index (κ3) is 5.96. The fraction of sp³-hybridized carbons (Fsp3) is 0.667. The van der Waals surface area contributed by atoms with E-state index in [1.165, 1.54) is 31.2 Å². The number of ether oxygens (including phenoxy) is 1. The first-order valence-corrected chi connectivity index (χ1v) is 8.15. The Hall–Kier alpha value is -1.02. The highest BCUT2D eigenvalue weighted by atomic mass is 16.5. The predicted molar refractivity (Wildman–Crippen MR) is 87.4 cm³/mol. The maximum atomic E-state index is 6.05. The molecule has 0 bridgehead atoms. The first-order valence-electron chi connectivity index (χ1n) is 8.15. The molecule has 0 aliphatic carbocycles. The molecule has 0 saturated carbocycles. The zero-order valence-corrected chi connectivity index (χ0v) is 13.6. The van der Waals surface area contributed by atoms with Crippen LogP contribution in [0.25, 0.3) is 0 Å². The summed E-state index contributed by atoms with van der Waals surface area (Å²) in [5, 5.41) is 3.34. The molecule has 0 spiro atoms. The van der Waals surface area contributed by atoms with Crippen molar-refractivity contribution >= 4 is 0 Å². The van der Waals surface area contributed by atoms with Gasteiger partial charge < -0.3 is 10.1 Å². The van der Waals surface area contributed by atoms with Gasteiger partial charge >= 0.3 is 0 Å². The Labute approximate surface area is 124 Å². The summed E-state index contributed by atoms with van der Waals surface area (Å²) in [5.74, 6) is 0.999. The highest BCUT2D eigenvalue weighted by Gasteiger charge is 2.09. The Bertz CT molecular complexity index is 360. The van der Waals surface area contributed by atoms with E-state index in [0.29, 0.717) is 12.1 Å². The average molecular weight is 277 g/mol. The van der Waals surface area contributed by atoms with Crippen LogP contribution < -0.4 is 10.1 Å². The highest BCUT2D eigenvalue weighted by molar-refractivity contribution is 5.30. The molecule has 114 valence electrons. The number of rotatable bonds is 10. The third-order valence-electron chi connectivity index (χ3n) is 3.82. The largest absolute Gasteiger partial charge is 0.491 e. The van der Waals surface area contributed by atoms with Crippen LogP contribution in [-0.4, -0.2) is 13.2 Å². The topological polar surface area (TPSA) is 21.3 Å². The molecule has 0 fully saturated rings. The minimum absolute atomic E-state index is 0.303. The standard InChI is InChI=1S/C18H31NO/c1-5-7-8-9-11-15(3)20-17-13-10-12-16(14-17)18(6-2)19-4/h10,12-15,18-19H,5-9,11H2,1-4H3. The van der Waals surface area contributed by atoms with Crippen molar-refractivity contribution in [3.63, 3.8) is 0 Å². The Balaban J connectivity index is 2.48. The average Bonchev–Trinajstić information content (AvgIpc) is 2.45. The molecular formula is C18H31NO. The summed E-state index contributed by atoms with van der Waals surface area (Å²) < 4.78 is 6.05. The summed E-state index contributed by atoms with van der Waals surface area (Å²) in [6.45, 7) is 6.62. The van der Waals surface area contributed by atoms with Gasteiger partial charge in [-0.2, -0.15) is 0 Å². The van der Waals surface area contributed by atoms with E-state index >= 15 is 0 Å². The van der Waals surface area contributed by atoms with Crippen LogP contribution in [0.4, 0.5) is 0 Å². The second-order valence-electron chi connectivity index (χ2n) is 5.60. The van der Waals surface area contributed by atoms with Gasteiger partial charge in [-0.1, -0.05) is 45.2 Å². The summed E-state index contributed by atoms with van der Waals surface area (Å²) in [5.41, 5.74) is 1.31. The van der Waals surface area contributed by atoms with Crippen LogP contribution in [-0.2, 0) is 0 Å². The van der Waals surface area contributed by atoms with E-state index in [4.69, 9.17) is 4.74 Å². The van der Waals surface area contributed by atoms with Gasteiger partial charge in [0.25, 0.3) is 0 Å². The second kappa shape index (κ2) is 9.82. The summed E-state index contributed by atoms with van der Waals surface area (Å²) in [6, 6.07) is 8.91. The summed E-state index contributed by atoms with van der Waals surface area (Å²) in [7, 11) is 2.01. The van der Waals surface area contributed by atoms with Crippen LogP contribution in [0.15, 0.2) is 24.3 Å². The van der Waals surface area contributed by atoms with Crippen LogP contribution in [0.5, 0.6) is 5.75 Å². The van der Waals surface area contributed by atoms with E-state index in [9.17, 15) is 0 Å². The van der Waals surface area contributed by atoms with Crippen LogP contribution in [0.1, 0.15) is 70.9 Å². The fourth-order valence-corrected chi connectivity index (χ4v) is 2.56. The number of hydrogen-bond donors (Lipinski definition) is 1. The molecule has 20 heavy (non-hydrogen) atoms. The molecule has 1 aromatic carbocycles. The van der Waals surface area contributed by atoms with E-state index in [2.05, 4.69) is 50.4 Å². The Morgan fingerprint density at radius 2 is 1.95 bits per heavy atom. The molecule has 2 heteroatoms. The second-order valence-corrected chi connectivity index (χ2v) is 5.60. The number of hydrogen-bond acceptors (Lipinski definition) is 2. The molecule has 2 unspecified atom stereocenters. The lowest BCUT2D eigenvalue weighted by atomic mass is 10.0. The molecule has 0 saturated heterocycles. The SMILES string of the molecule is CCCCCCC(C)Oc1cccc(C(CC)NC)c1. The molecule has 0 aliphatic heterocycles. The zero-order chi connectivity index (χ0) is 14.8. The van der Waals surface area contributed by atoms with E-state index in [-0.39, 0.29) is 0 Å². The van der Waals surface area contributed by atoms with Gasteiger partial charge in [0.1, 0.15) is 5.75 Å². The minimum atomic E-state index is 0.303. The molecular weight excluding hydrogens is 246 g/mol. The number of unbranched alkanes of at least 4 members (excludes halogenated alkanes) is 3. The zero-order valence-electron chi connectivity index (χ0n) is 13.6. The fourth-order valence-electron chi connectivity index (χ4n) is 2.56. The molecule has 1 N–H and O–H groups in total. The van der Waals surface area contributed by atoms with Gasteiger partial charge in [0.2, 0.25) is 0 Å². The Morgan fingerprint density at radius 1 is 1.15 bits per heavy atom. The smallest absolute Gasteiger partial charge is 0.120 e. The lowest BCUT2D eigenvalue weighted by Crippen LogP contribution is -2.16. The van der Waals surface area contributed by atoms with Gasteiger partial charge in [0.15, 0.2) is 0 Å². The number of nitrogens with one attached hydrogen (secondary N) is 1. The maximum absolute atomic E-state index is 6.05. The molecule has 0 amide bonds. The maximum Gasteiger partial charge on any atom is 0.120 e. The monoisotopic (exact) mass is 277 g/mol. The molecule has 0 aliphatic rings. The minimum Gasteiger partial charge on any atom is -0.491 e. The van der Waals surface area contributed by atoms with E-state index in [1.807, 2.05) is 7.05 Å². The molecule has 0 heterocycles. The lowest BCUT2D eigenvalue weighted by molar-refractivity contribution is 0.206. The number of benzene rings is 1. The van der Waals surface area contributed by atoms with Crippen molar-refractivity contribution < 1.29 is 4.74 Å². The highest BCUT2D eigenvalue weighted by Crippen LogP contribution is 2.22. The Morgan fingerprint density at radius 3 is 2.60 bits per heavy atom. The summed E-state index contributed by atoms with van der Waals surface area (Å²) >= 11 is 0. The van der Waals surface area contributed by atoms with Gasteiger partial charge in [-0.25, -0.2) is 0 Å². The van der Waals surface area contributed by atoms with Crippen molar-refractivity contribution in [1.29, 1.82) is 0 Å². The van der Waals surface area contributed by atoms with E-state index in [0.717, 1.165) is 18.6 Å². The molecule has 0 radical (unpaired) electrons. The summed E-state index contributed by atoms with van der Waals surface area (Å²) in [4.78, 5) is 0. The van der Waals surface area contributed by atoms with Crippen LogP contribution >= 0.6 is 0 Å². The van der Waals surface area contributed by atoms with Crippen molar-refractivity contribution in [2.75, 3.05) is 7.05 Å². The molecule has 1 aromatic rings. The van der Waals surface area contributed by atoms with Gasteiger partial charge in [0, 0.05) is 6.04 Å². The first-order chi connectivity index (χ1) is 9.71. The predicted octanol–water partition coefficient (Wildman–Crippen LogP) is 5.09. The van der Waals surface area contributed by atoms with Crippen LogP contribution in [0, 0.1) is 0 Å². The van der Waals surface area contributed by atoms with Crippen molar-refractivity contribution in [3.05, 3.63) is 29.8 Å². The van der Waals surface area contributed by atoms with Crippen LogP contribution in [0.2, 0.25) is 0 Å². The first kappa shape index (κ1) is 17.0. The van der Waals surface area contributed by atoms with Crippen molar-refractivity contribution in [2.45, 2.75) is 71.4 Å². The molecule has 2 atom stereocenters. The van der Waals surface area contributed by atoms with Gasteiger partial charge in [0.05, 0.1) is 6.10 Å².